The van der Waals surface area contributed by atoms with Gasteiger partial charge in [-0.2, -0.15) is 0 Å². The summed E-state index contributed by atoms with van der Waals surface area (Å²) in [6.07, 6.45) is 3.35. The molecule has 0 unspecified atom stereocenters. The highest BCUT2D eigenvalue weighted by Gasteiger charge is 2.44. The minimum Gasteiger partial charge on any atom is -0.457 e. The van der Waals surface area contributed by atoms with Crippen LogP contribution >= 0.6 is 0 Å². The minimum absolute atomic E-state index is 0.201. The zero-order chi connectivity index (χ0) is 47.7. The zero-order valence-electron chi connectivity index (χ0n) is 40.3. The van der Waals surface area contributed by atoms with Crippen LogP contribution in [0, 0.1) is 0 Å². The molecule has 13 heteroatoms. The first-order valence-electron chi connectivity index (χ1n) is 22.5. The van der Waals surface area contributed by atoms with Gasteiger partial charge in [-0.05, 0) is 136 Å². The van der Waals surface area contributed by atoms with E-state index in [2.05, 4.69) is 91.8 Å². The van der Waals surface area contributed by atoms with Crippen molar-refractivity contribution in [1.29, 1.82) is 0 Å². The third-order valence-corrected chi connectivity index (χ3v) is 14.5. The molecule has 0 bridgehead atoms. The van der Waals surface area contributed by atoms with Gasteiger partial charge in [0.25, 0.3) is 0 Å². The van der Waals surface area contributed by atoms with E-state index in [0.717, 1.165) is 33.4 Å². The van der Waals surface area contributed by atoms with E-state index in [9.17, 15) is 0 Å². The number of hydrogen-bond acceptors (Lipinski definition) is 7. The van der Waals surface area contributed by atoms with Crippen molar-refractivity contribution in [2.45, 2.75) is 132 Å². The van der Waals surface area contributed by atoms with Crippen LogP contribution in [0.4, 0.5) is 25.5 Å². The van der Waals surface area contributed by atoms with E-state index in [-0.39, 0.29) is 46.7 Å². The first-order valence-corrected chi connectivity index (χ1v) is 25.3. The Hall–Kier alpha value is -4.78. The Labute approximate surface area is 394 Å². The lowest BCUT2D eigenvalue weighted by atomic mass is 9.87. The predicted octanol–water partition coefficient (Wildman–Crippen LogP) is 15.3. The number of anilines is 2. The van der Waals surface area contributed by atoms with Gasteiger partial charge in [-0.1, -0.05) is 91.8 Å². The summed E-state index contributed by atoms with van der Waals surface area (Å²) in [6, 6.07) is 26.2. The predicted molar refractivity (Wildman–Crippen MR) is 263 cm³/mol. The highest BCUT2D eigenvalue weighted by atomic mass is 27.3. The van der Waals surface area contributed by atoms with Crippen LogP contribution in [0.3, 0.4) is 0 Å². The standard InChI is InChI=1S/C52H62N6O.2Al.4FH/c1-31(2)37-17-15-18-38(32(3)4)47(37)45-25-27-53-49(55-45)41-29-35(21-23-43(41)57-51(9,10)11)59-36-22-24-44(58-52(12,13)14)42(30-36)50-54-28-26-46(56-50)48-39(33(5)6)19-16-20-40(48)34(7)8;;;;;;/h15-34H,1-14H3;;;4*1H/q-2;2*+3;;;;/p-4. The van der Waals surface area contributed by atoms with E-state index in [1.807, 2.05) is 12.1 Å². The van der Waals surface area contributed by atoms with Gasteiger partial charge >= 0.3 is 30.6 Å². The molecule has 0 spiro atoms. The number of rotatable bonds is 14. The van der Waals surface area contributed by atoms with Gasteiger partial charge in [0.1, 0.15) is 11.5 Å². The second-order valence-electron chi connectivity index (χ2n) is 19.9. The van der Waals surface area contributed by atoms with Crippen molar-refractivity contribution >= 4 is 42.0 Å². The highest BCUT2D eigenvalue weighted by molar-refractivity contribution is 6.49. The first-order chi connectivity index (χ1) is 30.5. The van der Waals surface area contributed by atoms with Crippen LogP contribution in [-0.4, -0.2) is 61.6 Å². The molecule has 0 aliphatic rings. The molecule has 2 aromatic heterocycles. The summed E-state index contributed by atoms with van der Waals surface area (Å²) >= 11 is -8.91. The molecular weight excluding hydrogens is 855 g/mol. The number of ether oxygens (including phenoxy) is 1. The van der Waals surface area contributed by atoms with E-state index in [1.54, 1.807) is 90.3 Å². The van der Waals surface area contributed by atoms with Gasteiger partial charge in [0, 0.05) is 57.1 Å². The summed E-state index contributed by atoms with van der Waals surface area (Å²) < 4.78 is 70.1. The van der Waals surface area contributed by atoms with Gasteiger partial charge in [-0.25, -0.2) is 19.9 Å². The second-order valence-corrected chi connectivity index (χ2v) is 22.0. The molecular formula is C52H62Al2F4N6O. The summed E-state index contributed by atoms with van der Waals surface area (Å²) in [4.78, 5) is 19.6. The number of halogens is 4. The quantitative estimate of drug-likeness (QED) is 0.0796. The van der Waals surface area contributed by atoms with Crippen molar-refractivity contribution in [3.63, 3.8) is 0 Å². The largest absolute Gasteiger partial charge is 0.937 e. The molecule has 7 nitrogen and oxygen atoms in total. The molecule has 0 fully saturated rings. The van der Waals surface area contributed by atoms with Gasteiger partial charge in [-0.15, -0.1) is 0 Å². The van der Waals surface area contributed by atoms with Crippen LogP contribution in [-0.2, 0) is 0 Å². The van der Waals surface area contributed by atoms with E-state index in [1.165, 1.54) is 7.77 Å². The van der Waals surface area contributed by atoms with Crippen LogP contribution < -0.4 is 12.5 Å². The number of benzene rings is 4. The molecule has 340 valence electrons. The Morgan fingerprint density at radius 3 is 1.08 bits per heavy atom. The molecule has 0 N–H and O–H groups in total. The highest BCUT2D eigenvalue weighted by Crippen LogP contribution is 2.43. The van der Waals surface area contributed by atoms with Crippen molar-refractivity contribution in [2.24, 2.45) is 0 Å². The fourth-order valence-corrected chi connectivity index (χ4v) is 10.6. The molecule has 4 aromatic carbocycles. The molecule has 0 saturated carbocycles. The molecule has 2 heterocycles. The Balaban J connectivity index is 1.55. The molecule has 6 rings (SSSR count). The Morgan fingerprint density at radius 2 is 0.800 bits per heavy atom. The monoisotopic (exact) mass is 916 g/mol. The molecule has 0 radical (unpaired) electrons. The normalized spacial score (nSPS) is 12.1. The SMILES string of the molecule is CC(C)c1cccc(C(C)C)c1-c1ccnc(-c2cc(Oc3ccc([N]([Al]([F])[F])C(C)(C)C)c(-c4nccc(-c5c(C(C)C)cccc5C(C)C)n4)c3)ccc2[N]([Al]([F])[F])C(C)(C)C)n1. The van der Waals surface area contributed by atoms with Gasteiger partial charge in [0.05, 0.1) is 11.4 Å². The van der Waals surface area contributed by atoms with Crippen molar-refractivity contribution in [1.82, 2.24) is 19.9 Å². The Morgan fingerprint density at radius 1 is 0.477 bits per heavy atom. The van der Waals surface area contributed by atoms with Crippen LogP contribution in [0.15, 0.2) is 97.3 Å². The summed E-state index contributed by atoms with van der Waals surface area (Å²) in [7, 11) is 0. The number of hydrogen-bond donors (Lipinski definition) is 0. The van der Waals surface area contributed by atoms with Gasteiger partial charge in [0.2, 0.25) is 0 Å². The second kappa shape index (κ2) is 20.0. The lowest BCUT2D eigenvalue weighted by Crippen LogP contribution is -2.48. The van der Waals surface area contributed by atoms with Crippen molar-refractivity contribution in [3.8, 4) is 56.8 Å². The van der Waals surface area contributed by atoms with Gasteiger partial charge < -0.3 is 26.6 Å². The lowest BCUT2D eigenvalue weighted by molar-refractivity contribution is 0.481. The van der Waals surface area contributed by atoms with Gasteiger partial charge in [0.15, 0.2) is 11.6 Å². The number of aromatic nitrogens is 4. The van der Waals surface area contributed by atoms with Crippen LogP contribution in [0.1, 0.15) is 143 Å². The van der Waals surface area contributed by atoms with Crippen LogP contribution in [0.25, 0.3) is 45.3 Å². The number of nitrogens with zero attached hydrogens (tertiary/aromatic N) is 6. The third kappa shape index (κ3) is 10.9. The van der Waals surface area contributed by atoms with E-state index >= 15 is 14.1 Å². The lowest BCUT2D eigenvalue weighted by Gasteiger charge is -2.37. The van der Waals surface area contributed by atoms with Crippen molar-refractivity contribution < 1.29 is 18.8 Å². The summed E-state index contributed by atoms with van der Waals surface area (Å²) in [5, 5.41) is 0. The maximum Gasteiger partial charge on any atom is 0.937 e. The molecule has 0 atom stereocenters. The van der Waals surface area contributed by atoms with Crippen LogP contribution in [0.2, 0.25) is 0 Å². The average molecular weight is 917 g/mol. The summed E-state index contributed by atoms with van der Waals surface area (Å²) in [5.74, 6) is 1.99. The molecule has 0 saturated heterocycles. The molecule has 6 aromatic rings. The zero-order valence-corrected chi connectivity index (χ0v) is 42.6. The fraction of sp³-hybridized carbons (Fsp3) is 0.385. The Kier molecular flexibility index (Phi) is 15.3. The van der Waals surface area contributed by atoms with Crippen molar-refractivity contribution in [3.05, 3.63) is 120 Å². The van der Waals surface area contributed by atoms with Gasteiger partial charge in [-0.3, -0.25) is 0 Å². The van der Waals surface area contributed by atoms with Crippen molar-refractivity contribution in [2.75, 3.05) is 7.77 Å². The Bertz CT molecular complexity index is 2390. The summed E-state index contributed by atoms with van der Waals surface area (Å²) in [5.41, 5.74) is 7.41. The fourth-order valence-electron chi connectivity index (χ4n) is 8.54. The van der Waals surface area contributed by atoms with E-state index in [0.29, 0.717) is 34.0 Å². The molecule has 0 aliphatic heterocycles. The summed E-state index contributed by atoms with van der Waals surface area (Å²) in [6.45, 7) is 27.7. The first kappa shape index (κ1) is 49.7. The topological polar surface area (TPSA) is 67.3 Å². The average Bonchev–Trinajstić information content (AvgIpc) is 3.22. The van der Waals surface area contributed by atoms with Crippen LogP contribution in [0.5, 0.6) is 11.5 Å². The van der Waals surface area contributed by atoms with E-state index in [4.69, 9.17) is 24.7 Å². The molecule has 0 amide bonds. The third-order valence-electron chi connectivity index (χ3n) is 11.6. The maximum absolute atomic E-state index is 15.3. The maximum atomic E-state index is 15.3. The molecule has 0 aliphatic carbocycles. The smallest absolute Gasteiger partial charge is 0.457 e. The van der Waals surface area contributed by atoms with E-state index < -0.39 is 41.7 Å². The minimum atomic E-state index is -4.45. The molecule has 65 heavy (non-hydrogen) atoms.